The standard InChI is InChI=1S/C18H15N5O/c24-18-9-8-16(15-6-3-4-10-19-15)21-23(18)12-11-22-17-7-2-1-5-14(17)13-20-22/h1-10,13H,11-12H2. The number of fused-ring (bicyclic) bond motifs is 1. The number of aryl methyl sites for hydroxylation is 2. The van der Waals surface area contributed by atoms with E-state index in [-0.39, 0.29) is 5.56 Å². The van der Waals surface area contributed by atoms with Crippen molar-refractivity contribution in [2.75, 3.05) is 0 Å². The summed E-state index contributed by atoms with van der Waals surface area (Å²) in [5, 5.41) is 9.89. The second kappa shape index (κ2) is 6.08. The molecule has 0 aliphatic rings. The van der Waals surface area contributed by atoms with Crippen LogP contribution < -0.4 is 5.56 Å². The summed E-state index contributed by atoms with van der Waals surface area (Å²) >= 11 is 0. The van der Waals surface area contributed by atoms with Crippen molar-refractivity contribution in [3.63, 3.8) is 0 Å². The number of hydrogen-bond acceptors (Lipinski definition) is 4. The van der Waals surface area contributed by atoms with Gasteiger partial charge in [-0.3, -0.25) is 14.5 Å². The zero-order chi connectivity index (χ0) is 16.4. The van der Waals surface area contributed by atoms with Gasteiger partial charge in [0.1, 0.15) is 5.69 Å². The molecule has 0 amide bonds. The highest BCUT2D eigenvalue weighted by atomic mass is 16.1. The Morgan fingerprint density at radius 1 is 0.833 bits per heavy atom. The fourth-order valence-corrected chi connectivity index (χ4v) is 2.65. The molecule has 0 fully saturated rings. The van der Waals surface area contributed by atoms with Crippen LogP contribution >= 0.6 is 0 Å². The van der Waals surface area contributed by atoms with Crippen molar-refractivity contribution >= 4 is 10.9 Å². The first kappa shape index (κ1) is 14.3. The summed E-state index contributed by atoms with van der Waals surface area (Å²) in [5.41, 5.74) is 2.34. The van der Waals surface area contributed by atoms with Gasteiger partial charge >= 0.3 is 0 Å². The lowest BCUT2D eigenvalue weighted by Gasteiger charge is -2.08. The summed E-state index contributed by atoms with van der Waals surface area (Å²) < 4.78 is 3.34. The van der Waals surface area contributed by atoms with Crippen LogP contribution in [0.1, 0.15) is 0 Å². The van der Waals surface area contributed by atoms with Gasteiger partial charge in [0.15, 0.2) is 0 Å². The van der Waals surface area contributed by atoms with Crippen LogP contribution in [0.3, 0.4) is 0 Å². The second-order valence-electron chi connectivity index (χ2n) is 5.42. The molecule has 0 radical (unpaired) electrons. The predicted octanol–water partition coefficient (Wildman–Crippen LogP) is 2.36. The summed E-state index contributed by atoms with van der Waals surface area (Å²) in [5.74, 6) is 0. The van der Waals surface area contributed by atoms with Gasteiger partial charge in [0.05, 0.1) is 30.5 Å². The second-order valence-corrected chi connectivity index (χ2v) is 5.42. The van der Waals surface area contributed by atoms with Gasteiger partial charge < -0.3 is 0 Å². The van der Waals surface area contributed by atoms with E-state index in [1.54, 1.807) is 12.3 Å². The topological polar surface area (TPSA) is 65.6 Å². The average molecular weight is 317 g/mol. The maximum Gasteiger partial charge on any atom is 0.266 e. The minimum Gasteiger partial charge on any atom is -0.268 e. The summed E-state index contributed by atoms with van der Waals surface area (Å²) in [6.45, 7) is 1.03. The van der Waals surface area contributed by atoms with E-state index >= 15 is 0 Å². The molecule has 0 saturated carbocycles. The number of benzene rings is 1. The van der Waals surface area contributed by atoms with Crippen LogP contribution in [-0.4, -0.2) is 24.5 Å². The first-order valence-corrected chi connectivity index (χ1v) is 7.71. The molecule has 0 aliphatic carbocycles. The predicted molar refractivity (Wildman–Crippen MR) is 91.5 cm³/mol. The van der Waals surface area contributed by atoms with Gasteiger partial charge in [0.2, 0.25) is 0 Å². The summed E-state index contributed by atoms with van der Waals surface area (Å²) in [6.07, 6.45) is 3.54. The van der Waals surface area contributed by atoms with Crippen molar-refractivity contribution in [1.29, 1.82) is 0 Å². The van der Waals surface area contributed by atoms with E-state index < -0.39 is 0 Å². The van der Waals surface area contributed by atoms with Crippen LogP contribution in [0.15, 0.2) is 71.8 Å². The van der Waals surface area contributed by atoms with E-state index in [9.17, 15) is 4.79 Å². The highest BCUT2D eigenvalue weighted by Crippen LogP contribution is 2.13. The monoisotopic (exact) mass is 317 g/mol. The molecule has 0 atom stereocenters. The molecular formula is C18H15N5O. The average Bonchev–Trinajstić information content (AvgIpc) is 3.05. The summed E-state index contributed by atoms with van der Waals surface area (Å²) in [6, 6.07) is 16.8. The number of aromatic nitrogens is 5. The van der Waals surface area contributed by atoms with Gasteiger partial charge in [-0.25, -0.2) is 4.68 Å². The SMILES string of the molecule is O=c1ccc(-c2ccccn2)nn1CCn1ncc2ccccc21. The number of nitrogens with zero attached hydrogens (tertiary/aromatic N) is 5. The van der Waals surface area contributed by atoms with Gasteiger partial charge in [-0.1, -0.05) is 24.3 Å². The minimum absolute atomic E-state index is 0.133. The molecule has 3 heterocycles. The molecule has 3 aromatic heterocycles. The fraction of sp³-hybridized carbons (Fsp3) is 0.111. The van der Waals surface area contributed by atoms with Crippen LogP contribution in [-0.2, 0) is 13.1 Å². The van der Waals surface area contributed by atoms with Crippen LogP contribution in [0, 0.1) is 0 Å². The molecule has 0 saturated heterocycles. The molecule has 4 aromatic rings. The Kier molecular flexibility index (Phi) is 3.63. The van der Waals surface area contributed by atoms with Crippen molar-refractivity contribution in [3.8, 4) is 11.4 Å². The normalized spacial score (nSPS) is 11.0. The first-order chi connectivity index (χ1) is 11.8. The zero-order valence-electron chi connectivity index (χ0n) is 12.9. The molecule has 0 N–H and O–H groups in total. The number of para-hydroxylation sites is 1. The third-order valence-corrected chi connectivity index (χ3v) is 3.87. The van der Waals surface area contributed by atoms with Crippen LogP contribution in [0.25, 0.3) is 22.3 Å². The van der Waals surface area contributed by atoms with Crippen LogP contribution in [0.5, 0.6) is 0 Å². The maximum absolute atomic E-state index is 12.1. The number of pyridine rings is 1. The summed E-state index contributed by atoms with van der Waals surface area (Å²) in [7, 11) is 0. The molecule has 0 bridgehead atoms. The van der Waals surface area contributed by atoms with Crippen molar-refractivity contribution in [2.24, 2.45) is 0 Å². The Hall–Kier alpha value is -3.28. The van der Waals surface area contributed by atoms with Gasteiger partial charge in [-0.05, 0) is 24.3 Å². The molecule has 4 rings (SSSR count). The Morgan fingerprint density at radius 2 is 1.67 bits per heavy atom. The molecular weight excluding hydrogens is 302 g/mol. The van der Waals surface area contributed by atoms with E-state index in [1.807, 2.05) is 53.3 Å². The molecule has 1 aromatic carbocycles. The molecule has 6 nitrogen and oxygen atoms in total. The molecule has 0 spiro atoms. The van der Waals surface area contributed by atoms with E-state index in [0.717, 1.165) is 16.6 Å². The number of rotatable bonds is 4. The van der Waals surface area contributed by atoms with Crippen LogP contribution in [0.4, 0.5) is 0 Å². The molecule has 0 unspecified atom stereocenters. The zero-order valence-corrected chi connectivity index (χ0v) is 12.9. The fourth-order valence-electron chi connectivity index (χ4n) is 2.65. The molecule has 24 heavy (non-hydrogen) atoms. The highest BCUT2D eigenvalue weighted by Gasteiger charge is 2.06. The highest BCUT2D eigenvalue weighted by molar-refractivity contribution is 5.78. The number of hydrogen-bond donors (Lipinski definition) is 0. The Labute approximate surface area is 138 Å². The molecule has 6 heteroatoms. The van der Waals surface area contributed by atoms with E-state index in [2.05, 4.69) is 15.2 Å². The quantitative estimate of drug-likeness (QED) is 0.579. The van der Waals surface area contributed by atoms with Gasteiger partial charge in [-0.2, -0.15) is 10.2 Å². The Bertz CT molecular complexity index is 1040. The lowest BCUT2D eigenvalue weighted by Crippen LogP contribution is -2.24. The van der Waals surface area contributed by atoms with E-state index in [0.29, 0.717) is 18.8 Å². The smallest absolute Gasteiger partial charge is 0.266 e. The Morgan fingerprint density at radius 3 is 2.54 bits per heavy atom. The first-order valence-electron chi connectivity index (χ1n) is 7.71. The lowest BCUT2D eigenvalue weighted by molar-refractivity contribution is 0.492. The van der Waals surface area contributed by atoms with Gasteiger partial charge in [0.25, 0.3) is 5.56 Å². The Balaban J connectivity index is 1.61. The van der Waals surface area contributed by atoms with Gasteiger partial charge in [-0.15, -0.1) is 0 Å². The van der Waals surface area contributed by atoms with Crippen molar-refractivity contribution in [3.05, 3.63) is 77.3 Å². The molecule has 0 aliphatic heterocycles. The minimum atomic E-state index is -0.133. The van der Waals surface area contributed by atoms with Crippen molar-refractivity contribution < 1.29 is 0 Å². The van der Waals surface area contributed by atoms with Gasteiger partial charge in [0, 0.05) is 17.6 Å². The van der Waals surface area contributed by atoms with E-state index in [1.165, 1.54) is 10.7 Å². The third-order valence-electron chi connectivity index (χ3n) is 3.87. The lowest BCUT2D eigenvalue weighted by atomic mass is 10.2. The van der Waals surface area contributed by atoms with Crippen molar-refractivity contribution in [2.45, 2.75) is 13.1 Å². The third kappa shape index (κ3) is 2.69. The maximum atomic E-state index is 12.1. The summed E-state index contributed by atoms with van der Waals surface area (Å²) in [4.78, 5) is 16.4. The van der Waals surface area contributed by atoms with Crippen LogP contribution in [0.2, 0.25) is 0 Å². The van der Waals surface area contributed by atoms with Crippen molar-refractivity contribution in [1.82, 2.24) is 24.5 Å². The molecule has 118 valence electrons. The largest absolute Gasteiger partial charge is 0.268 e. The van der Waals surface area contributed by atoms with E-state index in [4.69, 9.17) is 0 Å².